The number of hydrogen-bond donors (Lipinski definition) is 1. The molecule has 0 aromatic heterocycles. The number of rotatable bonds is 2. The van der Waals surface area contributed by atoms with Crippen LogP contribution in [0.4, 0.5) is 4.39 Å². The molecule has 1 aliphatic heterocycles. The molecule has 3 rings (SSSR count). The van der Waals surface area contributed by atoms with Crippen LogP contribution in [0.2, 0.25) is 0 Å². The van der Waals surface area contributed by atoms with Crippen LogP contribution in [0.5, 0.6) is 0 Å². The summed E-state index contributed by atoms with van der Waals surface area (Å²) < 4.78 is 13.8. The van der Waals surface area contributed by atoms with E-state index in [0.29, 0.717) is 24.9 Å². The van der Waals surface area contributed by atoms with Crippen molar-refractivity contribution in [2.75, 3.05) is 6.54 Å². The van der Waals surface area contributed by atoms with Gasteiger partial charge < -0.3 is 10.2 Å². The summed E-state index contributed by atoms with van der Waals surface area (Å²) in [5, 5.41) is 3.02. The molecule has 0 spiro atoms. The first kappa shape index (κ1) is 15.0. The predicted molar refractivity (Wildman–Crippen MR) is 80.6 cm³/mol. The first-order chi connectivity index (χ1) is 10.6. The predicted octanol–water partition coefficient (Wildman–Crippen LogP) is 2.33. The lowest BCUT2D eigenvalue weighted by atomic mass is 10.0. The zero-order valence-electron chi connectivity index (χ0n) is 12.8. The second kappa shape index (κ2) is 6.07. The van der Waals surface area contributed by atoms with E-state index in [1.807, 2.05) is 6.07 Å². The van der Waals surface area contributed by atoms with Gasteiger partial charge in [0.2, 0.25) is 11.8 Å². The van der Waals surface area contributed by atoms with Crippen molar-refractivity contribution >= 4 is 11.8 Å². The number of nitrogens with one attached hydrogen (secondary N) is 1. The molecule has 2 amide bonds. The van der Waals surface area contributed by atoms with Crippen molar-refractivity contribution in [2.24, 2.45) is 0 Å². The van der Waals surface area contributed by atoms with Gasteiger partial charge in [-0.05, 0) is 49.3 Å². The Hall–Kier alpha value is -1.91. The van der Waals surface area contributed by atoms with Crippen LogP contribution in [0.15, 0.2) is 18.2 Å². The minimum absolute atomic E-state index is 0.0577. The van der Waals surface area contributed by atoms with Gasteiger partial charge in [-0.25, -0.2) is 4.39 Å². The van der Waals surface area contributed by atoms with E-state index in [2.05, 4.69) is 5.32 Å². The van der Waals surface area contributed by atoms with Crippen LogP contribution in [0.1, 0.15) is 49.8 Å². The zero-order valence-corrected chi connectivity index (χ0v) is 12.8. The van der Waals surface area contributed by atoms with E-state index < -0.39 is 0 Å². The number of carbonyl (C=O) groups is 2. The molecule has 1 aromatic carbocycles. The van der Waals surface area contributed by atoms with E-state index in [4.69, 9.17) is 0 Å². The second-order valence-corrected chi connectivity index (χ2v) is 6.13. The smallest absolute Gasteiger partial charge is 0.243 e. The maximum atomic E-state index is 13.8. The Morgan fingerprint density at radius 2 is 2.09 bits per heavy atom. The largest absolute Gasteiger partial charge is 0.347 e. The third-order valence-electron chi connectivity index (χ3n) is 4.74. The van der Waals surface area contributed by atoms with E-state index in [0.717, 1.165) is 24.8 Å². The summed E-state index contributed by atoms with van der Waals surface area (Å²) in [5.74, 6) is -0.369. The Labute approximate surface area is 129 Å². The Bertz CT molecular complexity index is 602. The Morgan fingerprint density at radius 3 is 2.86 bits per heavy atom. The van der Waals surface area contributed by atoms with Crippen molar-refractivity contribution in [1.29, 1.82) is 0 Å². The highest BCUT2D eigenvalue weighted by Crippen LogP contribution is 2.33. The zero-order chi connectivity index (χ0) is 15.7. The number of hydrogen-bond acceptors (Lipinski definition) is 2. The van der Waals surface area contributed by atoms with Crippen molar-refractivity contribution in [3.63, 3.8) is 0 Å². The number of carbonyl (C=O) groups excluding carboxylic acids is 2. The lowest BCUT2D eigenvalue weighted by molar-refractivity contribution is -0.141. The van der Waals surface area contributed by atoms with Gasteiger partial charge >= 0.3 is 0 Å². The molecule has 0 saturated carbocycles. The topological polar surface area (TPSA) is 49.4 Å². The van der Waals surface area contributed by atoms with Gasteiger partial charge in [0.25, 0.3) is 0 Å². The minimum Gasteiger partial charge on any atom is -0.347 e. The number of benzene rings is 1. The summed E-state index contributed by atoms with van der Waals surface area (Å²) in [6, 6.07) is 4.49. The molecule has 0 unspecified atom stereocenters. The number of nitrogens with zero attached hydrogens (tertiary/aromatic N) is 1. The monoisotopic (exact) mass is 304 g/mol. The first-order valence-corrected chi connectivity index (χ1v) is 7.93. The molecule has 1 aromatic rings. The van der Waals surface area contributed by atoms with Gasteiger partial charge in [-0.2, -0.15) is 0 Å². The SMILES string of the molecule is CC(=O)N1CCCC[C@H]1C(=O)N[C@@H]1CCc2c(F)cccc21. The lowest BCUT2D eigenvalue weighted by Gasteiger charge is -2.34. The molecule has 1 N–H and O–H groups in total. The van der Waals surface area contributed by atoms with Gasteiger partial charge in [0, 0.05) is 13.5 Å². The third kappa shape index (κ3) is 2.72. The summed E-state index contributed by atoms with van der Waals surface area (Å²) in [5.41, 5.74) is 1.58. The third-order valence-corrected chi connectivity index (χ3v) is 4.74. The molecule has 1 aliphatic carbocycles. The molecular formula is C17H21FN2O2. The number of halogens is 1. The Kier molecular flexibility index (Phi) is 4.14. The molecular weight excluding hydrogens is 283 g/mol. The summed E-state index contributed by atoms with van der Waals surface area (Å²) in [6.45, 7) is 2.15. The molecule has 1 heterocycles. The standard InChI is InChI=1S/C17H21FN2O2/c1-11(21)20-10-3-2-7-16(20)17(22)19-15-9-8-12-13(15)5-4-6-14(12)18/h4-6,15-16H,2-3,7-10H2,1H3,(H,19,22)/t15-,16+/m1/s1. The fourth-order valence-electron chi connectivity index (χ4n) is 3.61. The average Bonchev–Trinajstić information content (AvgIpc) is 2.92. The highest BCUT2D eigenvalue weighted by Gasteiger charge is 2.33. The van der Waals surface area contributed by atoms with Gasteiger partial charge in [0.15, 0.2) is 0 Å². The van der Waals surface area contributed by atoms with Gasteiger partial charge in [-0.3, -0.25) is 9.59 Å². The van der Waals surface area contributed by atoms with Crippen molar-refractivity contribution in [3.8, 4) is 0 Å². The maximum absolute atomic E-state index is 13.8. The number of likely N-dealkylation sites (tertiary alicyclic amines) is 1. The van der Waals surface area contributed by atoms with E-state index >= 15 is 0 Å². The van der Waals surface area contributed by atoms with Crippen LogP contribution >= 0.6 is 0 Å². The van der Waals surface area contributed by atoms with E-state index in [9.17, 15) is 14.0 Å². The minimum atomic E-state index is -0.385. The van der Waals surface area contributed by atoms with Gasteiger partial charge in [0.05, 0.1) is 6.04 Å². The maximum Gasteiger partial charge on any atom is 0.243 e. The van der Waals surface area contributed by atoms with Crippen molar-refractivity contribution in [2.45, 2.75) is 51.1 Å². The quantitative estimate of drug-likeness (QED) is 0.911. The molecule has 0 bridgehead atoms. The summed E-state index contributed by atoms with van der Waals surface area (Å²) >= 11 is 0. The Balaban J connectivity index is 1.73. The molecule has 22 heavy (non-hydrogen) atoms. The van der Waals surface area contributed by atoms with Crippen LogP contribution in [0.3, 0.4) is 0 Å². The number of piperidine rings is 1. The molecule has 2 atom stereocenters. The number of amides is 2. The summed E-state index contributed by atoms with van der Waals surface area (Å²) in [6.07, 6.45) is 3.97. The highest BCUT2D eigenvalue weighted by atomic mass is 19.1. The summed E-state index contributed by atoms with van der Waals surface area (Å²) in [7, 11) is 0. The number of fused-ring (bicyclic) bond motifs is 1. The van der Waals surface area contributed by atoms with Crippen molar-refractivity contribution in [3.05, 3.63) is 35.1 Å². The fourth-order valence-corrected chi connectivity index (χ4v) is 3.61. The molecule has 4 nitrogen and oxygen atoms in total. The van der Waals surface area contributed by atoms with E-state index in [1.165, 1.54) is 13.0 Å². The highest BCUT2D eigenvalue weighted by molar-refractivity contribution is 5.87. The van der Waals surface area contributed by atoms with Crippen LogP contribution in [0.25, 0.3) is 0 Å². The fraction of sp³-hybridized carbons (Fsp3) is 0.529. The van der Waals surface area contributed by atoms with Gasteiger partial charge in [-0.15, -0.1) is 0 Å². The van der Waals surface area contributed by atoms with Gasteiger partial charge in [-0.1, -0.05) is 12.1 Å². The van der Waals surface area contributed by atoms with Crippen LogP contribution in [-0.2, 0) is 16.0 Å². The normalized spacial score (nSPS) is 24.0. The molecule has 118 valence electrons. The summed E-state index contributed by atoms with van der Waals surface area (Å²) in [4.78, 5) is 25.9. The van der Waals surface area contributed by atoms with Crippen LogP contribution in [-0.4, -0.2) is 29.3 Å². The molecule has 1 saturated heterocycles. The van der Waals surface area contributed by atoms with Crippen LogP contribution in [0, 0.1) is 5.82 Å². The average molecular weight is 304 g/mol. The molecule has 1 fully saturated rings. The van der Waals surface area contributed by atoms with Crippen molar-refractivity contribution in [1.82, 2.24) is 10.2 Å². The van der Waals surface area contributed by atoms with E-state index in [-0.39, 0.29) is 29.7 Å². The molecule has 5 heteroatoms. The Morgan fingerprint density at radius 1 is 1.27 bits per heavy atom. The lowest BCUT2D eigenvalue weighted by Crippen LogP contribution is -2.51. The first-order valence-electron chi connectivity index (χ1n) is 7.93. The molecule has 2 aliphatic rings. The molecule has 0 radical (unpaired) electrons. The van der Waals surface area contributed by atoms with Crippen molar-refractivity contribution < 1.29 is 14.0 Å². The van der Waals surface area contributed by atoms with E-state index in [1.54, 1.807) is 11.0 Å². The van der Waals surface area contributed by atoms with Crippen LogP contribution < -0.4 is 5.32 Å². The van der Waals surface area contributed by atoms with Gasteiger partial charge in [0.1, 0.15) is 11.9 Å². The second-order valence-electron chi connectivity index (χ2n) is 6.13.